The number of hydrogen-bond acceptors (Lipinski definition) is 0. The van der Waals surface area contributed by atoms with Crippen LogP contribution in [0.5, 0.6) is 0 Å². The van der Waals surface area contributed by atoms with Crippen LogP contribution in [0.25, 0.3) is 0 Å². The lowest BCUT2D eigenvalue weighted by atomic mass is 10.3. The maximum Gasteiger partial charge on any atom is 0.0541 e. The molecule has 0 bridgehead atoms. The molecule has 0 saturated heterocycles. The lowest BCUT2D eigenvalue weighted by Gasteiger charge is -1.98. The van der Waals surface area contributed by atoms with Crippen molar-refractivity contribution in [3.8, 4) is 0 Å². The maximum absolute atomic E-state index is 5.73. The van der Waals surface area contributed by atoms with E-state index in [1.165, 1.54) is 0 Å². The van der Waals surface area contributed by atoms with Gasteiger partial charge >= 0.3 is 0 Å². The van der Waals surface area contributed by atoms with Crippen molar-refractivity contribution in [2.24, 2.45) is 0 Å². The molecule has 1 atom stereocenters. The Kier molecular flexibility index (Phi) is 5.77. The standard InChI is InChI=1S/C6H9Cl3/c1-5(8)4-6(9)2-3-7/h4,6H,2-3H2,1H3/b5-4-. The number of allylic oxidation sites excluding steroid dienone is 2. The van der Waals surface area contributed by atoms with Crippen molar-refractivity contribution in [2.45, 2.75) is 18.7 Å². The van der Waals surface area contributed by atoms with Crippen LogP contribution in [0.1, 0.15) is 13.3 Å². The monoisotopic (exact) mass is 186 g/mol. The van der Waals surface area contributed by atoms with Gasteiger partial charge in [0.05, 0.1) is 5.38 Å². The molecule has 0 spiro atoms. The normalized spacial score (nSPS) is 15.8. The lowest BCUT2D eigenvalue weighted by Crippen LogP contribution is -1.93. The Morgan fingerprint density at radius 1 is 1.67 bits per heavy atom. The summed E-state index contributed by atoms with van der Waals surface area (Å²) in [6, 6.07) is 0. The Morgan fingerprint density at radius 3 is 2.56 bits per heavy atom. The molecule has 0 amide bonds. The van der Waals surface area contributed by atoms with Crippen LogP contribution in [0, 0.1) is 0 Å². The van der Waals surface area contributed by atoms with Gasteiger partial charge < -0.3 is 0 Å². The van der Waals surface area contributed by atoms with Gasteiger partial charge in [-0.3, -0.25) is 0 Å². The highest BCUT2D eigenvalue weighted by Gasteiger charge is 1.97. The van der Waals surface area contributed by atoms with Crippen LogP contribution in [-0.2, 0) is 0 Å². The van der Waals surface area contributed by atoms with E-state index >= 15 is 0 Å². The molecule has 0 aromatic rings. The number of halogens is 3. The highest BCUT2D eigenvalue weighted by molar-refractivity contribution is 6.30. The second kappa shape index (κ2) is 5.40. The van der Waals surface area contributed by atoms with Crippen molar-refractivity contribution in [3.63, 3.8) is 0 Å². The van der Waals surface area contributed by atoms with E-state index in [2.05, 4.69) is 0 Å². The predicted octanol–water partition coefficient (Wildman–Crippen LogP) is 3.37. The molecular weight excluding hydrogens is 178 g/mol. The SMILES string of the molecule is C/C(Cl)=C/C(Cl)CCCl. The predicted molar refractivity (Wildman–Crippen MR) is 44.6 cm³/mol. The lowest BCUT2D eigenvalue weighted by molar-refractivity contribution is 0.971. The van der Waals surface area contributed by atoms with Crippen molar-refractivity contribution in [1.29, 1.82) is 0 Å². The summed E-state index contributed by atoms with van der Waals surface area (Å²) in [5.41, 5.74) is 0. The quantitative estimate of drug-likeness (QED) is 0.595. The second-order valence-corrected chi connectivity index (χ2v) is 3.28. The first-order chi connectivity index (χ1) is 4.16. The van der Waals surface area contributed by atoms with Gasteiger partial charge in [-0.2, -0.15) is 0 Å². The summed E-state index contributed by atoms with van der Waals surface area (Å²) in [5.74, 6) is 0.578. The fourth-order valence-electron chi connectivity index (χ4n) is 0.437. The minimum absolute atomic E-state index is 0.0139. The molecule has 9 heavy (non-hydrogen) atoms. The minimum atomic E-state index is -0.0139. The van der Waals surface area contributed by atoms with Gasteiger partial charge in [-0.15, -0.1) is 23.2 Å². The first kappa shape index (κ1) is 9.61. The summed E-state index contributed by atoms with van der Waals surface area (Å²) >= 11 is 16.7. The average molecular weight is 187 g/mol. The van der Waals surface area contributed by atoms with Crippen LogP contribution in [0.4, 0.5) is 0 Å². The van der Waals surface area contributed by atoms with Crippen molar-refractivity contribution in [2.75, 3.05) is 5.88 Å². The Morgan fingerprint density at radius 2 is 2.22 bits per heavy atom. The van der Waals surface area contributed by atoms with Crippen LogP contribution >= 0.6 is 34.8 Å². The Hall–Kier alpha value is 0.610. The first-order valence-corrected chi connectivity index (χ1v) is 4.05. The molecule has 0 rings (SSSR count). The van der Waals surface area contributed by atoms with E-state index in [1.54, 1.807) is 13.0 Å². The molecule has 54 valence electrons. The number of rotatable bonds is 3. The van der Waals surface area contributed by atoms with Gasteiger partial charge in [0.15, 0.2) is 0 Å². The van der Waals surface area contributed by atoms with E-state index in [9.17, 15) is 0 Å². The van der Waals surface area contributed by atoms with E-state index in [4.69, 9.17) is 34.8 Å². The molecule has 0 aromatic heterocycles. The van der Waals surface area contributed by atoms with Gasteiger partial charge in [-0.25, -0.2) is 0 Å². The van der Waals surface area contributed by atoms with Gasteiger partial charge in [0, 0.05) is 10.9 Å². The largest absolute Gasteiger partial charge is 0.127 e. The zero-order valence-corrected chi connectivity index (χ0v) is 7.47. The van der Waals surface area contributed by atoms with E-state index in [0.717, 1.165) is 11.5 Å². The maximum atomic E-state index is 5.73. The van der Waals surface area contributed by atoms with Gasteiger partial charge in [0.25, 0.3) is 0 Å². The molecule has 0 saturated carbocycles. The fraction of sp³-hybridized carbons (Fsp3) is 0.667. The third-order valence-electron chi connectivity index (χ3n) is 0.795. The molecule has 1 unspecified atom stereocenters. The zero-order chi connectivity index (χ0) is 7.28. The molecule has 0 aliphatic rings. The smallest absolute Gasteiger partial charge is 0.0541 e. The highest BCUT2D eigenvalue weighted by atomic mass is 35.5. The molecule has 0 aliphatic heterocycles. The summed E-state index contributed by atoms with van der Waals surface area (Å²) in [5, 5.41) is 0.708. The molecule has 0 heterocycles. The van der Waals surface area contributed by atoms with Crippen LogP contribution in [0.15, 0.2) is 11.1 Å². The number of alkyl halides is 2. The summed E-state index contributed by atoms with van der Waals surface area (Å²) < 4.78 is 0. The summed E-state index contributed by atoms with van der Waals surface area (Å²) in [6.45, 7) is 1.80. The molecule has 0 aliphatic carbocycles. The first-order valence-electron chi connectivity index (χ1n) is 2.70. The van der Waals surface area contributed by atoms with Gasteiger partial charge in [-0.1, -0.05) is 17.7 Å². The van der Waals surface area contributed by atoms with Crippen molar-refractivity contribution < 1.29 is 0 Å². The van der Waals surface area contributed by atoms with Crippen LogP contribution in [-0.4, -0.2) is 11.3 Å². The van der Waals surface area contributed by atoms with E-state index in [0.29, 0.717) is 5.88 Å². The van der Waals surface area contributed by atoms with Crippen molar-refractivity contribution in [3.05, 3.63) is 11.1 Å². The average Bonchev–Trinajstić information content (AvgIpc) is 1.63. The minimum Gasteiger partial charge on any atom is -0.127 e. The molecule has 0 aromatic carbocycles. The fourth-order valence-corrected chi connectivity index (χ4v) is 1.30. The van der Waals surface area contributed by atoms with Gasteiger partial charge in [-0.05, 0) is 13.3 Å². The molecule has 0 fully saturated rings. The van der Waals surface area contributed by atoms with Crippen LogP contribution in [0.2, 0.25) is 0 Å². The van der Waals surface area contributed by atoms with Gasteiger partial charge in [0.2, 0.25) is 0 Å². The summed E-state index contributed by atoms with van der Waals surface area (Å²) in [4.78, 5) is 0. The topological polar surface area (TPSA) is 0 Å². The van der Waals surface area contributed by atoms with E-state index < -0.39 is 0 Å². The molecular formula is C6H9Cl3. The van der Waals surface area contributed by atoms with Crippen molar-refractivity contribution in [1.82, 2.24) is 0 Å². The van der Waals surface area contributed by atoms with Crippen LogP contribution in [0.3, 0.4) is 0 Å². The molecule has 0 N–H and O–H groups in total. The summed E-state index contributed by atoms with van der Waals surface area (Å²) in [7, 11) is 0. The van der Waals surface area contributed by atoms with E-state index in [1.807, 2.05) is 0 Å². The second-order valence-electron chi connectivity index (χ2n) is 1.75. The Bertz CT molecular complexity index is 94.5. The molecule has 0 radical (unpaired) electrons. The molecule has 3 heteroatoms. The Balaban J connectivity index is 3.49. The number of hydrogen-bond donors (Lipinski definition) is 0. The third kappa shape index (κ3) is 6.50. The molecule has 0 nitrogen and oxygen atoms in total. The van der Waals surface area contributed by atoms with Crippen molar-refractivity contribution >= 4 is 34.8 Å². The van der Waals surface area contributed by atoms with Gasteiger partial charge in [0.1, 0.15) is 0 Å². The third-order valence-corrected chi connectivity index (χ3v) is 1.48. The van der Waals surface area contributed by atoms with E-state index in [-0.39, 0.29) is 5.38 Å². The highest BCUT2D eigenvalue weighted by Crippen LogP contribution is 2.09. The van der Waals surface area contributed by atoms with Crippen LogP contribution < -0.4 is 0 Å². The zero-order valence-electron chi connectivity index (χ0n) is 5.20. The summed E-state index contributed by atoms with van der Waals surface area (Å²) in [6.07, 6.45) is 2.55. The Labute approximate surface area is 70.8 Å².